The van der Waals surface area contributed by atoms with Gasteiger partial charge in [-0.3, -0.25) is 0 Å². The minimum atomic E-state index is -0.859. The summed E-state index contributed by atoms with van der Waals surface area (Å²) < 4.78 is 15.7. The van der Waals surface area contributed by atoms with Crippen LogP contribution in [0.1, 0.15) is 30.3 Å². The zero-order valence-corrected chi connectivity index (χ0v) is 12.3. The molecule has 0 aromatic heterocycles. The summed E-state index contributed by atoms with van der Waals surface area (Å²) in [6.07, 6.45) is 0.558. The smallest absolute Gasteiger partial charge is 0.338 e. The van der Waals surface area contributed by atoms with Crippen LogP contribution in [0.25, 0.3) is 0 Å². The minimum Gasteiger partial charge on any atom is -0.458 e. The van der Waals surface area contributed by atoms with E-state index >= 15 is 0 Å². The Morgan fingerprint density at radius 1 is 1.13 bits per heavy atom. The Morgan fingerprint density at radius 3 is 2.57 bits per heavy atom. The number of aliphatic hydroxyl groups is 1. The number of rotatable bonds is 2. The van der Waals surface area contributed by atoms with Crippen LogP contribution in [-0.2, 0) is 23.8 Å². The van der Waals surface area contributed by atoms with Crippen molar-refractivity contribution in [1.82, 2.24) is 0 Å². The average Bonchev–Trinajstić information content (AvgIpc) is 3.12. The van der Waals surface area contributed by atoms with Gasteiger partial charge < -0.3 is 19.3 Å². The molecule has 1 saturated heterocycles. The summed E-state index contributed by atoms with van der Waals surface area (Å²) >= 11 is 0. The lowest BCUT2D eigenvalue weighted by Crippen LogP contribution is -2.14. The summed E-state index contributed by atoms with van der Waals surface area (Å²) in [5.41, 5.74) is 2.26. The normalized spacial score (nSPS) is 33.1. The fourth-order valence-electron chi connectivity index (χ4n) is 3.22. The standard InChI is InChI=1S/C17H14O6/c1-8-6-12(22-16(8)19)21-7-11-13-14(18)9-4-2-3-5-10(9)15(13)23-17(11)20/h2-7,12-15,18H,1H3/b11-7-/t12-,13+,14+,15-/m1/s1. The molecule has 1 aromatic rings. The Morgan fingerprint density at radius 2 is 1.87 bits per heavy atom. The number of carbonyl (C=O) groups is 2. The van der Waals surface area contributed by atoms with Crippen molar-refractivity contribution in [3.63, 3.8) is 0 Å². The van der Waals surface area contributed by atoms with Crippen molar-refractivity contribution < 1.29 is 28.9 Å². The van der Waals surface area contributed by atoms with Crippen molar-refractivity contribution in [1.29, 1.82) is 0 Å². The number of benzene rings is 1. The van der Waals surface area contributed by atoms with E-state index in [4.69, 9.17) is 14.2 Å². The molecular weight excluding hydrogens is 300 g/mol. The monoisotopic (exact) mass is 314 g/mol. The highest BCUT2D eigenvalue weighted by Crippen LogP contribution is 2.53. The van der Waals surface area contributed by atoms with Gasteiger partial charge in [0.15, 0.2) is 0 Å². The molecule has 0 spiro atoms. The molecule has 23 heavy (non-hydrogen) atoms. The topological polar surface area (TPSA) is 82.1 Å². The van der Waals surface area contributed by atoms with Crippen molar-refractivity contribution >= 4 is 11.9 Å². The maximum Gasteiger partial charge on any atom is 0.338 e. The van der Waals surface area contributed by atoms with E-state index in [1.54, 1.807) is 6.92 Å². The second kappa shape index (κ2) is 4.96. The number of hydrogen-bond donors (Lipinski definition) is 1. The Kier molecular flexibility index (Phi) is 3.02. The maximum absolute atomic E-state index is 12.1. The van der Waals surface area contributed by atoms with Crippen molar-refractivity contribution in [2.75, 3.05) is 0 Å². The molecule has 2 aliphatic heterocycles. The van der Waals surface area contributed by atoms with E-state index in [9.17, 15) is 14.7 Å². The molecule has 6 nitrogen and oxygen atoms in total. The summed E-state index contributed by atoms with van der Waals surface area (Å²) in [4.78, 5) is 23.4. The molecule has 0 bridgehead atoms. The first-order valence-corrected chi connectivity index (χ1v) is 7.29. The third kappa shape index (κ3) is 2.06. The molecular formula is C17H14O6. The second-order valence-electron chi connectivity index (χ2n) is 5.76. The highest BCUT2D eigenvalue weighted by molar-refractivity contribution is 5.92. The van der Waals surface area contributed by atoms with Crippen LogP contribution in [0.5, 0.6) is 0 Å². The molecule has 1 aliphatic carbocycles. The first-order valence-electron chi connectivity index (χ1n) is 7.29. The van der Waals surface area contributed by atoms with Gasteiger partial charge in [0.05, 0.1) is 23.9 Å². The second-order valence-corrected chi connectivity index (χ2v) is 5.76. The Labute approximate surface area is 132 Å². The number of fused-ring (bicyclic) bond motifs is 3. The van der Waals surface area contributed by atoms with Crippen LogP contribution in [0, 0.1) is 5.92 Å². The van der Waals surface area contributed by atoms with Crippen LogP contribution in [0.4, 0.5) is 0 Å². The van der Waals surface area contributed by atoms with Gasteiger partial charge in [-0.25, -0.2) is 9.59 Å². The lowest BCUT2D eigenvalue weighted by atomic mass is 9.95. The predicted octanol–water partition coefficient (Wildman–Crippen LogP) is 1.68. The first kappa shape index (κ1) is 14.0. The molecule has 2 heterocycles. The van der Waals surface area contributed by atoms with E-state index in [-0.39, 0.29) is 5.57 Å². The molecule has 0 saturated carbocycles. The molecule has 118 valence electrons. The summed E-state index contributed by atoms with van der Waals surface area (Å²) in [7, 11) is 0. The number of hydrogen-bond acceptors (Lipinski definition) is 6. The lowest BCUT2D eigenvalue weighted by Gasteiger charge is -2.13. The van der Waals surface area contributed by atoms with Crippen LogP contribution in [0.3, 0.4) is 0 Å². The van der Waals surface area contributed by atoms with Gasteiger partial charge in [0.25, 0.3) is 6.29 Å². The van der Waals surface area contributed by atoms with E-state index < -0.39 is 36.4 Å². The quantitative estimate of drug-likeness (QED) is 0.508. The SMILES string of the molecule is CC1=C[C@H](O/C=C2\C(=O)O[C@@H]3c4ccccc4[C@H](O)[C@H]23)OC1=O. The Bertz CT molecular complexity index is 762. The first-order chi connectivity index (χ1) is 11.1. The third-order valence-corrected chi connectivity index (χ3v) is 4.38. The summed E-state index contributed by atoms with van der Waals surface area (Å²) in [5.74, 6) is -1.49. The van der Waals surface area contributed by atoms with Gasteiger partial charge in [0, 0.05) is 11.6 Å². The molecule has 0 amide bonds. The molecule has 0 radical (unpaired) electrons. The molecule has 1 N–H and O–H groups in total. The van der Waals surface area contributed by atoms with Gasteiger partial charge in [-0.2, -0.15) is 0 Å². The molecule has 4 atom stereocenters. The van der Waals surface area contributed by atoms with Crippen LogP contribution in [0.2, 0.25) is 0 Å². The third-order valence-electron chi connectivity index (χ3n) is 4.38. The van der Waals surface area contributed by atoms with Crippen LogP contribution >= 0.6 is 0 Å². The van der Waals surface area contributed by atoms with Crippen LogP contribution in [-0.4, -0.2) is 23.3 Å². The number of carbonyl (C=O) groups excluding carboxylic acids is 2. The van der Waals surface area contributed by atoms with E-state index in [0.29, 0.717) is 5.57 Å². The highest BCUT2D eigenvalue weighted by Gasteiger charge is 2.51. The molecule has 4 rings (SSSR count). The zero-order valence-electron chi connectivity index (χ0n) is 12.3. The van der Waals surface area contributed by atoms with E-state index in [0.717, 1.165) is 11.1 Å². The highest BCUT2D eigenvalue weighted by atomic mass is 16.7. The predicted molar refractivity (Wildman–Crippen MR) is 76.5 cm³/mol. The summed E-state index contributed by atoms with van der Waals surface area (Å²) in [5, 5.41) is 10.5. The fourth-order valence-corrected chi connectivity index (χ4v) is 3.22. The fraction of sp³-hybridized carbons (Fsp3) is 0.294. The van der Waals surface area contributed by atoms with Crippen LogP contribution in [0.15, 0.2) is 47.7 Å². The average molecular weight is 314 g/mol. The molecule has 6 heteroatoms. The number of ether oxygens (including phenoxy) is 3. The van der Waals surface area contributed by atoms with Gasteiger partial charge in [-0.05, 0) is 18.1 Å². The van der Waals surface area contributed by atoms with Gasteiger partial charge in [-0.15, -0.1) is 0 Å². The van der Waals surface area contributed by atoms with Gasteiger partial charge in [0.1, 0.15) is 6.10 Å². The number of cyclic esters (lactones) is 1. The minimum absolute atomic E-state index is 0.243. The number of esters is 2. The van der Waals surface area contributed by atoms with Crippen molar-refractivity contribution in [3.05, 3.63) is 58.9 Å². The van der Waals surface area contributed by atoms with Gasteiger partial charge in [0.2, 0.25) is 0 Å². The molecule has 3 aliphatic rings. The van der Waals surface area contributed by atoms with E-state index in [1.165, 1.54) is 12.3 Å². The Balaban J connectivity index is 1.60. The molecule has 0 unspecified atom stereocenters. The van der Waals surface area contributed by atoms with Crippen LogP contribution < -0.4 is 0 Å². The van der Waals surface area contributed by atoms with Crippen molar-refractivity contribution in [2.45, 2.75) is 25.4 Å². The maximum atomic E-state index is 12.1. The summed E-state index contributed by atoms with van der Waals surface area (Å²) in [6.45, 7) is 1.62. The largest absolute Gasteiger partial charge is 0.458 e. The van der Waals surface area contributed by atoms with Gasteiger partial charge in [-0.1, -0.05) is 24.3 Å². The van der Waals surface area contributed by atoms with Gasteiger partial charge >= 0.3 is 11.9 Å². The van der Waals surface area contributed by atoms with Crippen molar-refractivity contribution in [2.24, 2.45) is 5.92 Å². The number of aliphatic hydroxyl groups excluding tert-OH is 1. The molecule has 1 fully saturated rings. The van der Waals surface area contributed by atoms with E-state index in [1.807, 2.05) is 24.3 Å². The summed E-state index contributed by atoms with van der Waals surface area (Å²) in [6, 6.07) is 7.32. The Hall–Kier alpha value is -2.60. The zero-order chi connectivity index (χ0) is 16.1. The molecule has 1 aromatic carbocycles. The lowest BCUT2D eigenvalue weighted by molar-refractivity contribution is -0.152. The van der Waals surface area contributed by atoms with E-state index in [2.05, 4.69) is 0 Å². The van der Waals surface area contributed by atoms with Crippen molar-refractivity contribution in [3.8, 4) is 0 Å².